The lowest BCUT2D eigenvalue weighted by atomic mass is 10.1. The Morgan fingerprint density at radius 3 is 2.58 bits per heavy atom. The zero-order chi connectivity index (χ0) is 22.0. The SMILES string of the molecule is CCC(C)N(C(=O)CSc1nc(-c2cccs2)c(-c2cccs2)[nH]1)C1CCS(=O)(=O)C1. The molecule has 3 aromatic heterocycles. The molecule has 0 aromatic carbocycles. The van der Waals surface area contributed by atoms with Crippen molar-refractivity contribution in [3.63, 3.8) is 0 Å². The number of thioether (sulfide) groups is 1. The number of aromatic nitrogens is 2. The van der Waals surface area contributed by atoms with Gasteiger partial charge in [0.2, 0.25) is 5.91 Å². The predicted molar refractivity (Wildman–Crippen MR) is 130 cm³/mol. The van der Waals surface area contributed by atoms with Gasteiger partial charge in [0.25, 0.3) is 0 Å². The van der Waals surface area contributed by atoms with E-state index in [1.54, 1.807) is 27.6 Å². The number of imidazole rings is 1. The molecule has 1 aliphatic rings. The van der Waals surface area contributed by atoms with Crippen LogP contribution in [0.15, 0.2) is 40.2 Å². The van der Waals surface area contributed by atoms with Crippen molar-refractivity contribution in [1.29, 1.82) is 0 Å². The second kappa shape index (κ2) is 9.48. The highest BCUT2D eigenvalue weighted by Crippen LogP contribution is 2.37. The monoisotopic (exact) mass is 495 g/mol. The van der Waals surface area contributed by atoms with Gasteiger partial charge in [0, 0.05) is 12.1 Å². The summed E-state index contributed by atoms with van der Waals surface area (Å²) in [5, 5.41) is 4.76. The number of rotatable bonds is 8. The molecule has 0 aliphatic carbocycles. The lowest BCUT2D eigenvalue weighted by Crippen LogP contribution is -2.47. The molecule has 0 saturated carbocycles. The van der Waals surface area contributed by atoms with Gasteiger partial charge in [-0.25, -0.2) is 13.4 Å². The Balaban J connectivity index is 1.53. The summed E-state index contributed by atoms with van der Waals surface area (Å²) in [7, 11) is -3.05. The molecule has 0 bridgehead atoms. The number of carbonyl (C=O) groups is 1. The van der Waals surface area contributed by atoms with Crippen LogP contribution in [0.3, 0.4) is 0 Å². The molecule has 10 heteroatoms. The number of hydrogen-bond donors (Lipinski definition) is 1. The van der Waals surface area contributed by atoms with Crippen molar-refractivity contribution in [1.82, 2.24) is 14.9 Å². The van der Waals surface area contributed by atoms with Crippen LogP contribution in [-0.2, 0) is 14.6 Å². The minimum absolute atomic E-state index is 0.00589. The van der Waals surface area contributed by atoms with E-state index in [1.807, 2.05) is 42.8 Å². The molecule has 0 spiro atoms. The van der Waals surface area contributed by atoms with Gasteiger partial charge >= 0.3 is 0 Å². The largest absolute Gasteiger partial charge is 0.335 e. The zero-order valence-corrected chi connectivity index (χ0v) is 20.7. The highest BCUT2D eigenvalue weighted by molar-refractivity contribution is 7.99. The van der Waals surface area contributed by atoms with E-state index in [9.17, 15) is 13.2 Å². The van der Waals surface area contributed by atoms with Crippen molar-refractivity contribution in [2.24, 2.45) is 0 Å². The molecule has 4 heterocycles. The predicted octanol–water partition coefficient (Wildman–Crippen LogP) is 4.77. The van der Waals surface area contributed by atoms with Crippen LogP contribution in [-0.4, -0.2) is 58.5 Å². The molecular formula is C21H25N3O3S4. The average Bonchev–Trinajstić information content (AvgIpc) is 3.51. The molecule has 6 nitrogen and oxygen atoms in total. The van der Waals surface area contributed by atoms with Crippen molar-refractivity contribution in [3.8, 4) is 21.1 Å². The number of sulfone groups is 1. The number of hydrogen-bond acceptors (Lipinski definition) is 7. The fourth-order valence-electron chi connectivity index (χ4n) is 3.82. The second-order valence-electron chi connectivity index (χ2n) is 7.62. The standard InChI is InChI=1S/C21H25N3O3S4/c1-3-14(2)24(15-8-11-31(26,27)13-15)18(25)12-30-21-22-19(16-6-4-9-28-16)20(23-21)17-7-5-10-29-17/h4-7,9-10,14-15H,3,8,11-13H2,1-2H3,(H,22,23). The van der Waals surface area contributed by atoms with Gasteiger partial charge in [-0.05, 0) is 42.7 Å². The first-order chi connectivity index (χ1) is 14.9. The Morgan fingerprint density at radius 1 is 1.29 bits per heavy atom. The smallest absolute Gasteiger partial charge is 0.233 e. The molecule has 0 radical (unpaired) electrons. The number of aromatic amines is 1. The molecule has 1 N–H and O–H groups in total. The number of amides is 1. The third kappa shape index (κ3) is 5.08. The number of nitrogens with one attached hydrogen (secondary N) is 1. The maximum absolute atomic E-state index is 13.1. The maximum atomic E-state index is 13.1. The first-order valence-electron chi connectivity index (χ1n) is 10.2. The van der Waals surface area contributed by atoms with Gasteiger partial charge in [-0.2, -0.15) is 0 Å². The number of nitrogens with zero attached hydrogens (tertiary/aromatic N) is 2. The first kappa shape index (κ1) is 22.6. The van der Waals surface area contributed by atoms with E-state index < -0.39 is 9.84 Å². The summed E-state index contributed by atoms with van der Waals surface area (Å²) < 4.78 is 23.9. The summed E-state index contributed by atoms with van der Waals surface area (Å²) in [5.41, 5.74) is 1.86. The van der Waals surface area contributed by atoms with Crippen LogP contribution in [0.5, 0.6) is 0 Å². The molecule has 1 saturated heterocycles. The third-order valence-electron chi connectivity index (χ3n) is 5.49. The van der Waals surface area contributed by atoms with E-state index in [1.165, 1.54) is 11.8 Å². The highest BCUT2D eigenvalue weighted by Gasteiger charge is 2.36. The van der Waals surface area contributed by atoms with Crippen molar-refractivity contribution < 1.29 is 13.2 Å². The van der Waals surface area contributed by atoms with Crippen LogP contribution in [0.2, 0.25) is 0 Å². The Hall–Kier alpha value is -1.62. The van der Waals surface area contributed by atoms with Gasteiger partial charge in [-0.3, -0.25) is 4.79 Å². The van der Waals surface area contributed by atoms with Crippen LogP contribution in [0.25, 0.3) is 21.1 Å². The molecule has 166 valence electrons. The normalized spacial score (nSPS) is 18.8. The van der Waals surface area contributed by atoms with Gasteiger partial charge < -0.3 is 9.88 Å². The minimum atomic E-state index is -3.05. The van der Waals surface area contributed by atoms with E-state index in [-0.39, 0.29) is 35.2 Å². The molecular weight excluding hydrogens is 471 g/mol. The van der Waals surface area contributed by atoms with Gasteiger partial charge in [0.05, 0.1) is 32.7 Å². The molecule has 2 atom stereocenters. The van der Waals surface area contributed by atoms with Crippen molar-refractivity contribution in [2.45, 2.75) is 43.9 Å². The molecule has 1 fully saturated rings. The molecule has 3 aromatic rings. The summed E-state index contributed by atoms with van der Waals surface area (Å²) in [6.45, 7) is 4.01. The summed E-state index contributed by atoms with van der Waals surface area (Å²) in [6, 6.07) is 7.89. The highest BCUT2D eigenvalue weighted by atomic mass is 32.2. The Morgan fingerprint density at radius 2 is 2.00 bits per heavy atom. The Labute approximate surface area is 195 Å². The van der Waals surface area contributed by atoms with E-state index in [4.69, 9.17) is 4.98 Å². The van der Waals surface area contributed by atoms with Crippen molar-refractivity contribution in [3.05, 3.63) is 35.0 Å². The van der Waals surface area contributed by atoms with E-state index in [0.29, 0.717) is 11.6 Å². The van der Waals surface area contributed by atoms with Crippen LogP contribution in [0.4, 0.5) is 0 Å². The second-order valence-corrected chi connectivity index (χ2v) is 12.7. The Bertz CT molecular complexity index is 1070. The lowest BCUT2D eigenvalue weighted by molar-refractivity contribution is -0.132. The summed E-state index contributed by atoms with van der Waals surface area (Å²) in [6.07, 6.45) is 1.31. The molecule has 4 rings (SSSR count). The van der Waals surface area contributed by atoms with Gasteiger partial charge in [0.15, 0.2) is 15.0 Å². The average molecular weight is 496 g/mol. The van der Waals surface area contributed by atoms with Crippen LogP contribution >= 0.6 is 34.4 Å². The molecule has 31 heavy (non-hydrogen) atoms. The van der Waals surface area contributed by atoms with Crippen molar-refractivity contribution >= 4 is 50.2 Å². The summed E-state index contributed by atoms with van der Waals surface area (Å²) in [5.74, 6) is 0.424. The van der Waals surface area contributed by atoms with Gasteiger partial charge in [-0.1, -0.05) is 30.8 Å². The third-order valence-corrected chi connectivity index (χ3v) is 9.86. The van der Waals surface area contributed by atoms with E-state index in [0.717, 1.165) is 27.6 Å². The topological polar surface area (TPSA) is 83.1 Å². The summed E-state index contributed by atoms with van der Waals surface area (Å²) >= 11 is 4.65. The van der Waals surface area contributed by atoms with Crippen LogP contribution < -0.4 is 0 Å². The lowest BCUT2D eigenvalue weighted by Gasteiger charge is -2.33. The van der Waals surface area contributed by atoms with Gasteiger partial charge in [0.1, 0.15) is 5.69 Å². The van der Waals surface area contributed by atoms with Crippen LogP contribution in [0, 0.1) is 0 Å². The first-order valence-corrected chi connectivity index (χ1v) is 14.8. The molecule has 1 amide bonds. The van der Waals surface area contributed by atoms with Crippen LogP contribution in [0.1, 0.15) is 26.7 Å². The quantitative estimate of drug-likeness (QED) is 0.455. The number of thiophene rings is 2. The fraction of sp³-hybridized carbons (Fsp3) is 0.429. The molecule has 2 unspecified atom stereocenters. The molecule has 1 aliphatic heterocycles. The zero-order valence-electron chi connectivity index (χ0n) is 17.4. The summed E-state index contributed by atoms with van der Waals surface area (Å²) in [4.78, 5) is 25.3. The van der Waals surface area contributed by atoms with E-state index >= 15 is 0 Å². The van der Waals surface area contributed by atoms with E-state index in [2.05, 4.69) is 11.1 Å². The maximum Gasteiger partial charge on any atom is 0.233 e. The number of H-pyrrole nitrogens is 1. The minimum Gasteiger partial charge on any atom is -0.335 e. The van der Waals surface area contributed by atoms with Crippen molar-refractivity contribution in [2.75, 3.05) is 17.3 Å². The van der Waals surface area contributed by atoms with Gasteiger partial charge in [-0.15, -0.1) is 22.7 Å². The Kier molecular flexibility index (Phi) is 6.90. The number of carbonyl (C=O) groups excluding carboxylic acids is 1. The fourth-order valence-corrected chi connectivity index (χ4v) is 7.71.